The molecule has 0 heterocycles. The number of benzene rings is 1. The number of rotatable bonds is 5. The Morgan fingerprint density at radius 3 is 2.60 bits per heavy atom. The first kappa shape index (κ1) is 16.5. The quantitative estimate of drug-likeness (QED) is 0.781. The minimum absolute atomic E-state index is 0.266. The Balaban J connectivity index is 2.80. The van der Waals surface area contributed by atoms with Crippen molar-refractivity contribution in [2.45, 2.75) is 12.5 Å². The van der Waals surface area contributed by atoms with Crippen molar-refractivity contribution in [2.75, 3.05) is 20.8 Å². The van der Waals surface area contributed by atoms with Crippen LogP contribution < -0.4 is 10.1 Å². The summed E-state index contributed by atoms with van der Waals surface area (Å²) in [6.45, 7) is 0.996. The Morgan fingerprint density at radius 2 is 2.05 bits per heavy atom. The number of nitrogens with one attached hydrogen (secondary N) is 1. The van der Waals surface area contributed by atoms with Gasteiger partial charge in [0.25, 0.3) is 5.91 Å². The topological polar surface area (TPSA) is 84.9 Å². The van der Waals surface area contributed by atoms with E-state index in [2.05, 4.69) is 26.0 Å². The molecule has 0 aromatic heterocycles. The van der Waals surface area contributed by atoms with E-state index in [1.54, 1.807) is 18.2 Å². The molecule has 7 heteroatoms. The summed E-state index contributed by atoms with van der Waals surface area (Å²) < 4.78 is 10.3. The van der Waals surface area contributed by atoms with E-state index in [-0.39, 0.29) is 6.54 Å². The van der Waals surface area contributed by atoms with Crippen LogP contribution >= 0.6 is 15.9 Å². The summed E-state index contributed by atoms with van der Waals surface area (Å²) in [7, 11) is 2.61. The molecular weight excluding hydrogens is 330 g/mol. The van der Waals surface area contributed by atoms with Gasteiger partial charge in [-0.15, -0.1) is 0 Å². The number of carbonyl (C=O) groups excluding carboxylic acids is 2. The van der Waals surface area contributed by atoms with Crippen molar-refractivity contribution in [1.82, 2.24) is 5.32 Å². The van der Waals surface area contributed by atoms with Gasteiger partial charge in [-0.25, -0.2) is 4.79 Å². The van der Waals surface area contributed by atoms with Crippen LogP contribution in [0.1, 0.15) is 17.3 Å². The van der Waals surface area contributed by atoms with Crippen molar-refractivity contribution >= 4 is 27.8 Å². The zero-order chi connectivity index (χ0) is 15.3. The third kappa shape index (κ3) is 3.94. The normalized spacial score (nSPS) is 13.2. The van der Waals surface area contributed by atoms with Gasteiger partial charge in [-0.05, 0) is 25.1 Å². The van der Waals surface area contributed by atoms with Gasteiger partial charge in [0.05, 0.1) is 26.3 Å². The van der Waals surface area contributed by atoms with E-state index in [4.69, 9.17) is 4.74 Å². The molecule has 2 N–H and O–H groups in total. The Bertz CT molecular complexity index is 515. The van der Waals surface area contributed by atoms with Crippen molar-refractivity contribution in [3.05, 3.63) is 28.2 Å². The molecule has 6 nitrogen and oxygen atoms in total. The molecule has 0 unspecified atom stereocenters. The van der Waals surface area contributed by atoms with Crippen LogP contribution in [0.3, 0.4) is 0 Å². The molecule has 1 amide bonds. The van der Waals surface area contributed by atoms with Crippen molar-refractivity contribution in [1.29, 1.82) is 0 Å². The third-order valence-electron chi connectivity index (χ3n) is 2.63. The van der Waals surface area contributed by atoms with Crippen LogP contribution in [0.2, 0.25) is 0 Å². The van der Waals surface area contributed by atoms with E-state index in [1.807, 2.05) is 0 Å². The molecule has 0 saturated carbocycles. The van der Waals surface area contributed by atoms with Crippen LogP contribution in [0.5, 0.6) is 5.75 Å². The first-order chi connectivity index (χ1) is 9.31. The van der Waals surface area contributed by atoms with E-state index in [0.29, 0.717) is 11.3 Å². The van der Waals surface area contributed by atoms with Crippen LogP contribution in [0.15, 0.2) is 22.7 Å². The Labute approximate surface area is 125 Å². The number of methoxy groups -OCH3 is 2. The first-order valence-corrected chi connectivity index (χ1v) is 6.53. The van der Waals surface area contributed by atoms with Crippen LogP contribution in [0.4, 0.5) is 0 Å². The molecule has 0 aliphatic rings. The highest BCUT2D eigenvalue weighted by Gasteiger charge is 2.32. The van der Waals surface area contributed by atoms with Gasteiger partial charge in [0.2, 0.25) is 0 Å². The maximum atomic E-state index is 12.0. The van der Waals surface area contributed by atoms with E-state index in [0.717, 1.165) is 11.6 Å². The summed E-state index contributed by atoms with van der Waals surface area (Å²) in [5.74, 6) is -0.895. The lowest BCUT2D eigenvalue weighted by atomic mass is 10.1. The Morgan fingerprint density at radius 1 is 1.40 bits per heavy atom. The van der Waals surface area contributed by atoms with Crippen LogP contribution in [0, 0.1) is 0 Å². The number of esters is 1. The average molecular weight is 346 g/mol. The number of aliphatic hydroxyl groups is 1. The highest BCUT2D eigenvalue weighted by atomic mass is 79.9. The summed E-state index contributed by atoms with van der Waals surface area (Å²) in [5.41, 5.74) is -1.48. The van der Waals surface area contributed by atoms with Crippen LogP contribution in [0.25, 0.3) is 0 Å². The molecule has 1 atom stereocenters. The molecule has 1 rings (SSSR count). The van der Waals surface area contributed by atoms with Gasteiger partial charge in [-0.1, -0.05) is 15.9 Å². The van der Waals surface area contributed by atoms with E-state index in [9.17, 15) is 14.7 Å². The zero-order valence-corrected chi connectivity index (χ0v) is 13.0. The molecule has 1 aromatic carbocycles. The second kappa shape index (κ2) is 6.71. The minimum atomic E-state index is -1.78. The zero-order valence-electron chi connectivity index (χ0n) is 11.4. The fraction of sp³-hybridized carbons (Fsp3) is 0.385. The number of hydrogen-bond donors (Lipinski definition) is 2. The molecule has 0 saturated heterocycles. The number of ether oxygens (including phenoxy) is 2. The monoisotopic (exact) mass is 345 g/mol. The lowest BCUT2D eigenvalue weighted by molar-refractivity contribution is -0.159. The summed E-state index contributed by atoms with van der Waals surface area (Å²) in [4.78, 5) is 23.3. The lowest BCUT2D eigenvalue weighted by Crippen LogP contribution is -2.47. The van der Waals surface area contributed by atoms with Gasteiger partial charge in [-0.2, -0.15) is 0 Å². The average Bonchev–Trinajstić information content (AvgIpc) is 2.43. The smallest absolute Gasteiger partial charge is 0.339 e. The number of carbonyl (C=O) groups is 2. The number of halogens is 1. The van der Waals surface area contributed by atoms with E-state index in [1.165, 1.54) is 14.0 Å². The van der Waals surface area contributed by atoms with Gasteiger partial charge >= 0.3 is 5.97 Å². The summed E-state index contributed by atoms with van der Waals surface area (Å²) >= 11 is 3.27. The van der Waals surface area contributed by atoms with Gasteiger partial charge in [-0.3, -0.25) is 4.79 Å². The summed E-state index contributed by atoms with van der Waals surface area (Å²) in [5, 5.41) is 12.3. The fourth-order valence-electron chi connectivity index (χ4n) is 1.49. The molecule has 0 aliphatic heterocycles. The maximum absolute atomic E-state index is 12.0. The predicted molar refractivity (Wildman–Crippen MR) is 75.7 cm³/mol. The maximum Gasteiger partial charge on any atom is 0.339 e. The van der Waals surface area contributed by atoms with Gasteiger partial charge in [0.1, 0.15) is 5.75 Å². The summed E-state index contributed by atoms with van der Waals surface area (Å²) in [6, 6.07) is 4.91. The molecule has 20 heavy (non-hydrogen) atoms. The molecular formula is C13H16BrNO5. The highest BCUT2D eigenvalue weighted by molar-refractivity contribution is 9.10. The van der Waals surface area contributed by atoms with Crippen molar-refractivity contribution < 1.29 is 24.2 Å². The number of hydrogen-bond acceptors (Lipinski definition) is 5. The molecule has 0 bridgehead atoms. The molecule has 0 fully saturated rings. The van der Waals surface area contributed by atoms with Crippen molar-refractivity contribution in [3.63, 3.8) is 0 Å². The minimum Gasteiger partial charge on any atom is -0.496 e. The van der Waals surface area contributed by atoms with Gasteiger partial charge in [0.15, 0.2) is 5.60 Å². The molecule has 110 valence electrons. The SMILES string of the molecule is COC(=O)[C@@](C)(O)CNC(=O)c1ccc(Br)cc1OC. The van der Waals surface area contributed by atoms with Gasteiger partial charge < -0.3 is 19.9 Å². The first-order valence-electron chi connectivity index (χ1n) is 5.74. The molecule has 0 aliphatic carbocycles. The summed E-state index contributed by atoms with van der Waals surface area (Å²) in [6.07, 6.45) is 0. The molecule has 0 spiro atoms. The lowest BCUT2D eigenvalue weighted by Gasteiger charge is -2.20. The fourth-order valence-corrected chi connectivity index (χ4v) is 1.83. The largest absolute Gasteiger partial charge is 0.496 e. The Hall–Kier alpha value is -1.60. The van der Waals surface area contributed by atoms with Crippen LogP contribution in [-0.2, 0) is 9.53 Å². The Kier molecular flexibility index (Phi) is 5.52. The highest BCUT2D eigenvalue weighted by Crippen LogP contribution is 2.23. The third-order valence-corrected chi connectivity index (χ3v) is 3.12. The van der Waals surface area contributed by atoms with E-state index >= 15 is 0 Å². The number of amides is 1. The van der Waals surface area contributed by atoms with Crippen molar-refractivity contribution in [3.8, 4) is 5.75 Å². The second-order valence-electron chi connectivity index (χ2n) is 4.29. The van der Waals surface area contributed by atoms with Crippen LogP contribution in [-0.4, -0.2) is 43.3 Å². The predicted octanol–water partition coefficient (Wildman–Crippen LogP) is 1.11. The van der Waals surface area contributed by atoms with Gasteiger partial charge in [0, 0.05) is 4.47 Å². The molecule has 1 aromatic rings. The standard InChI is InChI=1S/C13H16BrNO5/c1-13(18,12(17)20-3)7-15-11(16)9-5-4-8(14)6-10(9)19-2/h4-6,18H,7H2,1-3H3,(H,15,16)/t13-/m0/s1. The second-order valence-corrected chi connectivity index (χ2v) is 5.21. The molecule has 0 radical (unpaired) electrons. The van der Waals surface area contributed by atoms with E-state index < -0.39 is 17.5 Å². The van der Waals surface area contributed by atoms with Crippen molar-refractivity contribution in [2.24, 2.45) is 0 Å².